The Balaban J connectivity index is 2.47. The van der Waals surface area contributed by atoms with Crippen LogP contribution in [0.5, 0.6) is 0 Å². The molecule has 0 saturated heterocycles. The first-order chi connectivity index (χ1) is 8.41. The van der Waals surface area contributed by atoms with Crippen LogP contribution in [-0.4, -0.2) is 18.3 Å². The lowest BCUT2D eigenvalue weighted by Gasteiger charge is -1.99. The van der Waals surface area contributed by atoms with E-state index in [9.17, 15) is 18.5 Å². The summed E-state index contributed by atoms with van der Waals surface area (Å²) in [5.74, 6) is 0. The molecule has 0 spiro atoms. The largest absolute Gasteiger partial charge is 0.344 e. The van der Waals surface area contributed by atoms with Crippen molar-refractivity contribution in [1.82, 2.24) is 4.98 Å². The third kappa shape index (κ3) is 2.35. The summed E-state index contributed by atoms with van der Waals surface area (Å²) < 4.78 is 23.8. The molecule has 0 radical (unpaired) electrons. The van der Waals surface area contributed by atoms with E-state index in [-0.39, 0.29) is 14.2 Å². The van der Waals surface area contributed by atoms with Crippen LogP contribution >= 0.6 is 22.9 Å². The van der Waals surface area contributed by atoms with Crippen molar-refractivity contribution in [2.45, 2.75) is 9.24 Å². The maximum absolute atomic E-state index is 12.1. The Bertz CT molecular complexity index is 694. The van der Waals surface area contributed by atoms with Crippen LogP contribution in [0.2, 0.25) is 5.02 Å². The predicted octanol–water partition coefficient (Wildman–Crippen LogP) is 2.54. The molecule has 0 saturated carbocycles. The molecule has 1 heterocycles. The van der Waals surface area contributed by atoms with Gasteiger partial charge in [-0.25, -0.2) is 13.4 Å². The highest BCUT2D eigenvalue weighted by molar-refractivity contribution is 7.93. The van der Waals surface area contributed by atoms with E-state index in [1.807, 2.05) is 0 Å². The van der Waals surface area contributed by atoms with Crippen LogP contribution in [0.3, 0.4) is 0 Å². The molecule has 2 aromatic rings. The number of thiazole rings is 1. The van der Waals surface area contributed by atoms with Crippen molar-refractivity contribution >= 4 is 37.8 Å². The Morgan fingerprint density at radius 1 is 1.28 bits per heavy atom. The second-order valence-corrected chi connectivity index (χ2v) is 6.75. The Labute approximate surface area is 111 Å². The molecule has 0 N–H and O–H groups in total. The van der Waals surface area contributed by atoms with Crippen LogP contribution in [0.15, 0.2) is 39.7 Å². The van der Waals surface area contributed by atoms with E-state index in [2.05, 4.69) is 4.98 Å². The van der Waals surface area contributed by atoms with Crippen LogP contribution in [0.4, 0.5) is 5.00 Å². The summed E-state index contributed by atoms with van der Waals surface area (Å²) in [6, 6.07) is 5.50. The van der Waals surface area contributed by atoms with Crippen LogP contribution in [0, 0.1) is 10.1 Å². The highest BCUT2D eigenvalue weighted by Gasteiger charge is 2.24. The topological polar surface area (TPSA) is 90.2 Å². The van der Waals surface area contributed by atoms with E-state index < -0.39 is 14.8 Å². The van der Waals surface area contributed by atoms with Crippen molar-refractivity contribution < 1.29 is 13.3 Å². The average molecular weight is 305 g/mol. The predicted molar refractivity (Wildman–Crippen MR) is 65.7 cm³/mol. The summed E-state index contributed by atoms with van der Waals surface area (Å²) in [6.45, 7) is 0. The zero-order valence-corrected chi connectivity index (χ0v) is 11.0. The van der Waals surface area contributed by atoms with Crippen molar-refractivity contribution in [2.75, 3.05) is 0 Å². The number of sulfone groups is 1. The molecule has 9 heteroatoms. The molecule has 0 aliphatic carbocycles. The molecule has 0 atom stereocenters. The molecule has 6 nitrogen and oxygen atoms in total. The van der Waals surface area contributed by atoms with Crippen molar-refractivity contribution in [1.29, 1.82) is 0 Å². The van der Waals surface area contributed by atoms with Gasteiger partial charge in [0.1, 0.15) is 6.20 Å². The smallest absolute Gasteiger partial charge is 0.257 e. The number of hydrogen-bond acceptors (Lipinski definition) is 6. The lowest BCUT2D eigenvalue weighted by Crippen LogP contribution is -2.00. The van der Waals surface area contributed by atoms with Crippen molar-refractivity contribution in [3.05, 3.63) is 45.6 Å². The fourth-order valence-corrected chi connectivity index (χ4v) is 3.63. The monoisotopic (exact) mass is 304 g/mol. The van der Waals surface area contributed by atoms with Crippen LogP contribution in [0.25, 0.3) is 0 Å². The van der Waals surface area contributed by atoms with Gasteiger partial charge >= 0.3 is 5.00 Å². The molecule has 0 fully saturated rings. The zero-order chi connectivity index (χ0) is 13.3. The van der Waals surface area contributed by atoms with E-state index >= 15 is 0 Å². The number of nitro groups is 1. The SMILES string of the molecule is O=[N+]([O-])c1cnc(S(=O)(=O)c2ccc(Cl)cc2)s1. The van der Waals surface area contributed by atoms with E-state index in [1.54, 1.807) is 0 Å². The number of benzene rings is 1. The van der Waals surface area contributed by atoms with E-state index in [1.165, 1.54) is 24.3 Å². The van der Waals surface area contributed by atoms with E-state index in [0.717, 1.165) is 6.20 Å². The van der Waals surface area contributed by atoms with Gasteiger partial charge in [-0.05, 0) is 35.6 Å². The first-order valence-corrected chi connectivity index (χ1v) is 7.20. The van der Waals surface area contributed by atoms with Crippen molar-refractivity contribution in [3.63, 3.8) is 0 Å². The van der Waals surface area contributed by atoms with Gasteiger partial charge in [0.05, 0.1) is 9.82 Å². The maximum atomic E-state index is 12.1. The summed E-state index contributed by atoms with van der Waals surface area (Å²) >= 11 is 6.17. The van der Waals surface area contributed by atoms with Gasteiger partial charge in [-0.2, -0.15) is 0 Å². The van der Waals surface area contributed by atoms with E-state index in [4.69, 9.17) is 11.6 Å². The molecule has 0 amide bonds. The Hall–Kier alpha value is -1.51. The summed E-state index contributed by atoms with van der Waals surface area (Å²) in [5, 5.41) is 10.6. The Morgan fingerprint density at radius 3 is 2.39 bits per heavy atom. The molecule has 18 heavy (non-hydrogen) atoms. The highest BCUT2D eigenvalue weighted by Crippen LogP contribution is 2.29. The van der Waals surface area contributed by atoms with Crippen molar-refractivity contribution in [3.8, 4) is 0 Å². The first kappa shape index (κ1) is 12.9. The number of halogens is 1. The second-order valence-electron chi connectivity index (χ2n) is 3.18. The van der Waals surface area contributed by atoms with Crippen LogP contribution in [-0.2, 0) is 9.84 Å². The highest BCUT2D eigenvalue weighted by atomic mass is 35.5. The minimum atomic E-state index is -3.82. The molecule has 0 aliphatic rings. The molecule has 0 bridgehead atoms. The summed E-state index contributed by atoms with van der Waals surface area (Å²) in [5.41, 5.74) is 0. The third-order valence-electron chi connectivity index (χ3n) is 2.01. The Morgan fingerprint density at radius 2 is 1.89 bits per heavy atom. The van der Waals surface area contributed by atoms with Gasteiger partial charge < -0.3 is 0 Å². The first-order valence-electron chi connectivity index (χ1n) is 4.52. The average Bonchev–Trinajstić information content (AvgIpc) is 2.79. The van der Waals surface area contributed by atoms with Gasteiger partial charge in [0, 0.05) is 5.02 Å². The van der Waals surface area contributed by atoms with Crippen LogP contribution in [0.1, 0.15) is 0 Å². The summed E-state index contributed by atoms with van der Waals surface area (Å²) in [6.07, 6.45) is 0.924. The molecule has 0 aliphatic heterocycles. The van der Waals surface area contributed by atoms with Gasteiger partial charge in [-0.1, -0.05) is 11.6 Å². The fourth-order valence-electron chi connectivity index (χ4n) is 1.17. The van der Waals surface area contributed by atoms with Gasteiger partial charge in [-0.15, -0.1) is 0 Å². The molecule has 94 valence electrons. The number of nitrogens with zero attached hydrogens (tertiary/aromatic N) is 2. The van der Waals surface area contributed by atoms with Crippen LogP contribution < -0.4 is 0 Å². The normalized spacial score (nSPS) is 11.4. The maximum Gasteiger partial charge on any atom is 0.344 e. The van der Waals surface area contributed by atoms with Gasteiger partial charge in [0.2, 0.25) is 14.2 Å². The minimum Gasteiger partial charge on any atom is -0.257 e. The molecule has 0 unspecified atom stereocenters. The van der Waals surface area contributed by atoms with E-state index in [0.29, 0.717) is 16.4 Å². The standard InChI is InChI=1S/C9H5ClN2O4S2/c10-6-1-3-7(4-2-6)18(15,16)9-11-5-8(17-9)12(13)14/h1-5H. The quantitative estimate of drug-likeness (QED) is 0.642. The molecular weight excluding hydrogens is 300 g/mol. The minimum absolute atomic E-state index is 0.00357. The van der Waals surface area contributed by atoms with Gasteiger partial charge in [-0.3, -0.25) is 10.1 Å². The summed E-state index contributed by atoms with van der Waals surface area (Å²) in [7, 11) is -3.82. The molecule has 1 aromatic heterocycles. The molecule has 1 aromatic carbocycles. The van der Waals surface area contributed by atoms with Gasteiger partial charge in [0.25, 0.3) is 0 Å². The fraction of sp³-hybridized carbons (Fsp3) is 0. The second kappa shape index (κ2) is 4.63. The number of rotatable bonds is 3. The molecule has 2 rings (SSSR count). The van der Waals surface area contributed by atoms with Crippen molar-refractivity contribution in [2.24, 2.45) is 0 Å². The number of aromatic nitrogens is 1. The Kier molecular flexibility index (Phi) is 3.33. The lowest BCUT2D eigenvalue weighted by atomic mass is 10.4. The molecular formula is C9H5ClN2O4S2. The van der Waals surface area contributed by atoms with Gasteiger partial charge in [0.15, 0.2) is 0 Å². The zero-order valence-electron chi connectivity index (χ0n) is 8.61. The third-order valence-corrected chi connectivity index (χ3v) is 5.37. The summed E-state index contributed by atoms with van der Waals surface area (Å²) in [4.78, 5) is 13.4. The number of hydrogen-bond donors (Lipinski definition) is 0. The lowest BCUT2D eigenvalue weighted by molar-refractivity contribution is -0.380.